The molecule has 0 saturated heterocycles. The van der Waals surface area contributed by atoms with E-state index in [0.717, 1.165) is 55.7 Å². The fraction of sp³-hybridized carbons (Fsp3) is 0. The molecule has 0 N–H and O–H groups in total. The summed E-state index contributed by atoms with van der Waals surface area (Å²) in [5.74, 6) is 0.614. The van der Waals surface area contributed by atoms with Crippen LogP contribution in [0.25, 0.3) is 67.0 Å². The average molecular weight is 503 g/mol. The molecule has 0 atom stereocenters. The fourth-order valence-electron chi connectivity index (χ4n) is 5.50. The largest absolute Gasteiger partial charge is 0.436 e. The van der Waals surface area contributed by atoms with Crippen LogP contribution in [-0.2, 0) is 0 Å². The molecule has 4 heterocycles. The third-order valence-corrected chi connectivity index (χ3v) is 7.26. The summed E-state index contributed by atoms with van der Waals surface area (Å²) in [7, 11) is 0. The lowest BCUT2D eigenvalue weighted by molar-refractivity contribution is 0.620. The van der Waals surface area contributed by atoms with Crippen LogP contribution in [-0.4, -0.2) is 19.1 Å². The topological polar surface area (TPSA) is 48.8 Å². The van der Waals surface area contributed by atoms with E-state index in [0.29, 0.717) is 5.89 Å². The van der Waals surface area contributed by atoms with Crippen molar-refractivity contribution >= 4 is 32.9 Å². The quantitative estimate of drug-likeness (QED) is 0.243. The number of fused-ring (bicyclic) bond motifs is 4. The van der Waals surface area contributed by atoms with Crippen LogP contribution >= 0.6 is 0 Å². The molecule has 0 radical (unpaired) electrons. The average Bonchev–Trinajstić information content (AvgIpc) is 3.75. The van der Waals surface area contributed by atoms with Gasteiger partial charge in [0.05, 0.1) is 22.4 Å². The number of pyridine rings is 1. The van der Waals surface area contributed by atoms with Gasteiger partial charge in [-0.15, -0.1) is 0 Å². The molecule has 0 amide bonds. The zero-order valence-electron chi connectivity index (χ0n) is 20.9. The summed E-state index contributed by atoms with van der Waals surface area (Å²) in [5.41, 5.74) is 9.00. The van der Waals surface area contributed by atoms with Crippen molar-refractivity contribution in [3.05, 3.63) is 134 Å². The number of hydrogen-bond donors (Lipinski definition) is 0. The van der Waals surface area contributed by atoms with E-state index >= 15 is 0 Å². The molecule has 0 aliphatic rings. The number of oxazole rings is 1. The second kappa shape index (κ2) is 8.57. The molecule has 4 aromatic carbocycles. The lowest BCUT2D eigenvalue weighted by Crippen LogP contribution is -1.96. The lowest BCUT2D eigenvalue weighted by atomic mass is 10.1. The van der Waals surface area contributed by atoms with Crippen LogP contribution in [0.5, 0.6) is 0 Å². The number of benzene rings is 4. The van der Waals surface area contributed by atoms with Crippen LogP contribution in [0.4, 0.5) is 0 Å². The molecule has 0 spiro atoms. The first-order valence-electron chi connectivity index (χ1n) is 12.9. The van der Waals surface area contributed by atoms with Crippen molar-refractivity contribution in [1.82, 2.24) is 19.1 Å². The van der Waals surface area contributed by atoms with Gasteiger partial charge < -0.3 is 13.6 Å². The Hall–Kier alpha value is -5.42. The van der Waals surface area contributed by atoms with Crippen LogP contribution in [0.3, 0.4) is 0 Å². The molecule has 8 rings (SSSR count). The molecule has 0 unspecified atom stereocenters. The van der Waals surface area contributed by atoms with E-state index in [1.165, 1.54) is 5.39 Å². The molecule has 8 aromatic rings. The van der Waals surface area contributed by atoms with E-state index in [-0.39, 0.29) is 0 Å². The first kappa shape index (κ1) is 21.6. The first-order chi connectivity index (χ1) is 19.3. The van der Waals surface area contributed by atoms with Gasteiger partial charge in [-0.05, 0) is 72.8 Å². The number of nitrogens with zero attached hydrogens (tertiary/aromatic N) is 4. The highest BCUT2D eigenvalue weighted by molar-refractivity contribution is 6.14. The van der Waals surface area contributed by atoms with Gasteiger partial charge in [-0.3, -0.25) is 4.98 Å². The van der Waals surface area contributed by atoms with E-state index in [2.05, 4.69) is 99.3 Å². The number of rotatable bonds is 4. The Morgan fingerprint density at radius 1 is 0.641 bits per heavy atom. The van der Waals surface area contributed by atoms with Gasteiger partial charge in [0.1, 0.15) is 5.52 Å². The molecule has 0 saturated carbocycles. The van der Waals surface area contributed by atoms with Crippen molar-refractivity contribution in [2.45, 2.75) is 0 Å². The maximum absolute atomic E-state index is 6.15. The first-order valence-corrected chi connectivity index (χ1v) is 12.9. The van der Waals surface area contributed by atoms with Gasteiger partial charge in [-0.2, -0.15) is 0 Å². The zero-order chi connectivity index (χ0) is 25.8. The maximum Gasteiger partial charge on any atom is 0.227 e. The van der Waals surface area contributed by atoms with Crippen LogP contribution in [0, 0.1) is 0 Å². The standard InChI is InChI=1S/C34H22N4O/c1-2-15-32-28(12-1)36-34(39-32)24-16-17-26-31(22-24)38(25-10-7-9-23(21-25)27-11-3-4-18-35-27)30-14-8-13-29(33(26)30)37-19-5-6-20-37/h1-22H. The Bertz CT molecular complexity index is 2090. The van der Waals surface area contributed by atoms with E-state index in [1.54, 1.807) is 0 Å². The van der Waals surface area contributed by atoms with Crippen molar-refractivity contribution in [3.63, 3.8) is 0 Å². The molecule has 39 heavy (non-hydrogen) atoms. The minimum absolute atomic E-state index is 0.614. The summed E-state index contributed by atoms with van der Waals surface area (Å²) in [4.78, 5) is 9.36. The predicted molar refractivity (Wildman–Crippen MR) is 156 cm³/mol. The van der Waals surface area contributed by atoms with E-state index < -0.39 is 0 Å². The van der Waals surface area contributed by atoms with Crippen molar-refractivity contribution < 1.29 is 4.42 Å². The zero-order valence-corrected chi connectivity index (χ0v) is 20.9. The van der Waals surface area contributed by atoms with Crippen molar-refractivity contribution in [2.24, 2.45) is 0 Å². The normalized spacial score (nSPS) is 11.6. The molecule has 5 heteroatoms. The highest BCUT2D eigenvalue weighted by Gasteiger charge is 2.18. The summed E-state index contributed by atoms with van der Waals surface area (Å²) in [6.07, 6.45) is 6.01. The predicted octanol–water partition coefficient (Wildman–Crippen LogP) is 8.44. The Morgan fingerprint density at radius 3 is 2.38 bits per heavy atom. The molecule has 5 nitrogen and oxygen atoms in total. The van der Waals surface area contributed by atoms with Crippen molar-refractivity contribution in [3.8, 4) is 34.1 Å². The minimum Gasteiger partial charge on any atom is -0.436 e. The summed E-state index contributed by atoms with van der Waals surface area (Å²) < 4.78 is 10.7. The van der Waals surface area contributed by atoms with Gasteiger partial charge in [0.25, 0.3) is 0 Å². The second-order valence-electron chi connectivity index (χ2n) is 9.58. The number of para-hydroxylation sites is 2. The van der Waals surface area contributed by atoms with Gasteiger partial charge in [0, 0.05) is 46.2 Å². The van der Waals surface area contributed by atoms with Crippen LogP contribution < -0.4 is 0 Å². The van der Waals surface area contributed by atoms with E-state index in [4.69, 9.17) is 9.40 Å². The Labute approximate surface area is 224 Å². The fourth-order valence-corrected chi connectivity index (χ4v) is 5.50. The second-order valence-corrected chi connectivity index (χ2v) is 9.58. The van der Waals surface area contributed by atoms with Crippen LogP contribution in [0.1, 0.15) is 0 Å². The van der Waals surface area contributed by atoms with Crippen LogP contribution in [0.15, 0.2) is 138 Å². The highest BCUT2D eigenvalue weighted by Crippen LogP contribution is 2.38. The van der Waals surface area contributed by atoms with Gasteiger partial charge in [0.2, 0.25) is 5.89 Å². The van der Waals surface area contributed by atoms with Gasteiger partial charge in [0.15, 0.2) is 5.58 Å². The monoisotopic (exact) mass is 502 g/mol. The van der Waals surface area contributed by atoms with Crippen molar-refractivity contribution in [2.75, 3.05) is 0 Å². The third-order valence-electron chi connectivity index (χ3n) is 7.26. The Morgan fingerprint density at radius 2 is 1.51 bits per heavy atom. The van der Waals surface area contributed by atoms with E-state index in [1.807, 2.05) is 48.7 Å². The Kier molecular flexibility index (Phi) is 4.76. The molecule has 0 bridgehead atoms. The summed E-state index contributed by atoms with van der Waals surface area (Å²) in [6.45, 7) is 0. The minimum atomic E-state index is 0.614. The van der Waals surface area contributed by atoms with Crippen LogP contribution in [0.2, 0.25) is 0 Å². The molecule has 0 fully saturated rings. The highest BCUT2D eigenvalue weighted by atomic mass is 16.3. The van der Waals surface area contributed by atoms with E-state index in [9.17, 15) is 0 Å². The molecule has 184 valence electrons. The number of aromatic nitrogens is 4. The summed E-state index contributed by atoms with van der Waals surface area (Å²) in [5, 5.41) is 2.36. The van der Waals surface area contributed by atoms with Gasteiger partial charge in [-0.1, -0.05) is 42.5 Å². The summed E-state index contributed by atoms with van der Waals surface area (Å²) in [6, 6.07) is 39.5. The molecule has 0 aliphatic carbocycles. The molecule has 0 aliphatic heterocycles. The summed E-state index contributed by atoms with van der Waals surface area (Å²) >= 11 is 0. The molecule has 4 aromatic heterocycles. The SMILES string of the molecule is c1ccc(-c2cccc(-n3c4cc(-c5nc6ccccc6o5)ccc4c4c(-n5cccc5)cccc43)c2)nc1. The van der Waals surface area contributed by atoms with Gasteiger partial charge in [-0.25, -0.2) is 4.98 Å². The third kappa shape index (κ3) is 3.48. The van der Waals surface area contributed by atoms with Crippen molar-refractivity contribution in [1.29, 1.82) is 0 Å². The number of hydrogen-bond acceptors (Lipinski definition) is 3. The maximum atomic E-state index is 6.15. The Balaban J connectivity index is 1.43. The lowest BCUT2D eigenvalue weighted by Gasteiger charge is -2.11. The molecular formula is C34H22N4O. The smallest absolute Gasteiger partial charge is 0.227 e. The van der Waals surface area contributed by atoms with Gasteiger partial charge >= 0.3 is 0 Å². The molecular weight excluding hydrogens is 480 g/mol.